The average Bonchev–Trinajstić information content (AvgIpc) is 2.03. The van der Waals surface area contributed by atoms with Crippen molar-refractivity contribution in [1.29, 1.82) is 0 Å². The summed E-state index contributed by atoms with van der Waals surface area (Å²) < 4.78 is 4.92. The molecule has 0 heterocycles. The van der Waals surface area contributed by atoms with Gasteiger partial charge in [0.25, 0.3) is 0 Å². The first-order chi connectivity index (χ1) is 5.95. The molecule has 0 saturated carbocycles. The molecule has 0 radical (unpaired) electrons. The molecule has 0 bridgehead atoms. The number of hydrogen-bond donors (Lipinski definition) is 2. The molecule has 0 aliphatic heterocycles. The smallest absolute Gasteiger partial charge is 0.160 e. The zero-order valence-electron chi connectivity index (χ0n) is 8.03. The normalized spacial score (nSPS) is 11.4. The summed E-state index contributed by atoms with van der Waals surface area (Å²) >= 11 is 0. The molecule has 3 heteroatoms. The van der Waals surface area contributed by atoms with E-state index in [1.807, 2.05) is 0 Å². The van der Waals surface area contributed by atoms with Crippen molar-refractivity contribution < 1.29 is 14.9 Å². The molecule has 3 nitrogen and oxygen atoms in total. The molecule has 0 aliphatic carbocycles. The molecule has 0 fully saturated rings. The molecule has 0 unspecified atom stereocenters. The number of methoxy groups -OCH3 is 1. The van der Waals surface area contributed by atoms with E-state index >= 15 is 0 Å². The molecule has 1 aromatic carbocycles. The van der Waals surface area contributed by atoms with Crippen LogP contribution < -0.4 is 4.74 Å². The summed E-state index contributed by atoms with van der Waals surface area (Å²) in [7, 11) is 1.48. The third kappa shape index (κ3) is 2.12. The van der Waals surface area contributed by atoms with Crippen LogP contribution in [-0.4, -0.2) is 17.3 Å². The molecule has 0 spiro atoms. The van der Waals surface area contributed by atoms with Gasteiger partial charge in [0.15, 0.2) is 11.5 Å². The Morgan fingerprint density at radius 2 is 1.92 bits per heavy atom. The molecular weight excluding hydrogens is 168 g/mol. The molecule has 13 heavy (non-hydrogen) atoms. The fourth-order valence-electron chi connectivity index (χ4n) is 1.06. The predicted octanol–water partition coefficient (Wildman–Crippen LogP) is 1.63. The first-order valence-corrected chi connectivity index (χ1v) is 4.05. The Bertz CT molecular complexity index is 300. The van der Waals surface area contributed by atoms with Gasteiger partial charge in [-0.25, -0.2) is 0 Å². The number of phenols is 1. The van der Waals surface area contributed by atoms with E-state index in [1.165, 1.54) is 13.2 Å². The topological polar surface area (TPSA) is 49.7 Å². The third-order valence-electron chi connectivity index (χ3n) is 1.89. The first-order valence-electron chi connectivity index (χ1n) is 4.05. The quantitative estimate of drug-likeness (QED) is 0.730. The lowest BCUT2D eigenvalue weighted by Crippen LogP contribution is -2.15. The van der Waals surface area contributed by atoms with Gasteiger partial charge in [0.2, 0.25) is 0 Å². The first kappa shape index (κ1) is 9.86. The maximum Gasteiger partial charge on any atom is 0.160 e. The molecule has 1 aromatic rings. The Balaban J connectivity index is 3.14. The highest BCUT2D eigenvalue weighted by Crippen LogP contribution is 2.30. The van der Waals surface area contributed by atoms with Crippen LogP contribution in [0.25, 0.3) is 0 Å². The molecule has 0 atom stereocenters. The van der Waals surface area contributed by atoms with Gasteiger partial charge in [-0.3, -0.25) is 0 Å². The molecule has 0 saturated heterocycles. The van der Waals surface area contributed by atoms with Crippen molar-refractivity contribution in [1.82, 2.24) is 0 Å². The maximum atomic E-state index is 9.66. The van der Waals surface area contributed by atoms with Crippen molar-refractivity contribution in [3.8, 4) is 11.5 Å². The number of ether oxygens (including phenoxy) is 1. The van der Waals surface area contributed by atoms with Gasteiger partial charge in [0.1, 0.15) is 0 Å². The number of aliphatic hydroxyl groups is 1. The number of phenolic OH excluding ortho intramolecular Hbond substituents is 1. The second-order valence-electron chi connectivity index (χ2n) is 3.45. The highest BCUT2D eigenvalue weighted by Gasteiger charge is 2.17. The fourth-order valence-corrected chi connectivity index (χ4v) is 1.06. The van der Waals surface area contributed by atoms with E-state index in [0.717, 1.165) is 0 Å². The van der Waals surface area contributed by atoms with E-state index in [-0.39, 0.29) is 5.75 Å². The van der Waals surface area contributed by atoms with Crippen LogP contribution in [-0.2, 0) is 5.60 Å². The zero-order valence-corrected chi connectivity index (χ0v) is 8.03. The third-order valence-corrected chi connectivity index (χ3v) is 1.89. The summed E-state index contributed by atoms with van der Waals surface area (Å²) in [5, 5.41) is 19.0. The number of rotatable bonds is 2. The van der Waals surface area contributed by atoms with Gasteiger partial charge in [0.05, 0.1) is 12.7 Å². The summed E-state index contributed by atoms with van der Waals surface area (Å²) in [5.74, 6) is 0.454. The lowest BCUT2D eigenvalue weighted by molar-refractivity contribution is 0.0782. The van der Waals surface area contributed by atoms with Gasteiger partial charge in [0, 0.05) is 0 Å². The molecular formula is C10H14O3. The number of benzene rings is 1. The van der Waals surface area contributed by atoms with Crippen LogP contribution in [0.3, 0.4) is 0 Å². The molecule has 0 aliphatic rings. The lowest BCUT2D eigenvalue weighted by atomic mass is 9.98. The van der Waals surface area contributed by atoms with Crippen LogP contribution in [0.5, 0.6) is 11.5 Å². The summed E-state index contributed by atoms with van der Waals surface area (Å²) in [6, 6.07) is 4.79. The summed E-state index contributed by atoms with van der Waals surface area (Å²) in [6.07, 6.45) is 0. The summed E-state index contributed by atoms with van der Waals surface area (Å²) in [6.45, 7) is 3.36. The van der Waals surface area contributed by atoms with Crippen molar-refractivity contribution >= 4 is 0 Å². The van der Waals surface area contributed by atoms with Gasteiger partial charge in [-0.15, -0.1) is 0 Å². The van der Waals surface area contributed by atoms with Crippen molar-refractivity contribution in [2.24, 2.45) is 0 Å². The van der Waals surface area contributed by atoms with Crippen LogP contribution in [0.15, 0.2) is 18.2 Å². The minimum absolute atomic E-state index is 0.0792. The Kier molecular flexibility index (Phi) is 2.48. The summed E-state index contributed by atoms with van der Waals surface area (Å²) in [5.41, 5.74) is -0.205. The molecule has 0 amide bonds. The second kappa shape index (κ2) is 3.26. The monoisotopic (exact) mass is 182 g/mol. The summed E-state index contributed by atoms with van der Waals surface area (Å²) in [4.78, 5) is 0. The van der Waals surface area contributed by atoms with E-state index in [0.29, 0.717) is 11.3 Å². The van der Waals surface area contributed by atoms with Gasteiger partial charge in [-0.2, -0.15) is 0 Å². The average molecular weight is 182 g/mol. The lowest BCUT2D eigenvalue weighted by Gasteiger charge is -2.18. The van der Waals surface area contributed by atoms with Gasteiger partial charge in [-0.1, -0.05) is 6.07 Å². The van der Waals surface area contributed by atoms with Crippen LogP contribution >= 0.6 is 0 Å². The van der Waals surface area contributed by atoms with E-state index in [1.54, 1.807) is 26.0 Å². The Labute approximate surface area is 77.6 Å². The SMILES string of the molecule is COc1cc(C(C)(C)O)ccc1O. The highest BCUT2D eigenvalue weighted by molar-refractivity contribution is 5.43. The van der Waals surface area contributed by atoms with Crippen molar-refractivity contribution in [3.63, 3.8) is 0 Å². The number of hydrogen-bond acceptors (Lipinski definition) is 3. The van der Waals surface area contributed by atoms with Crippen molar-refractivity contribution in [2.45, 2.75) is 19.4 Å². The van der Waals surface area contributed by atoms with E-state index in [4.69, 9.17) is 4.74 Å². The predicted molar refractivity (Wildman–Crippen MR) is 49.9 cm³/mol. The molecule has 2 N–H and O–H groups in total. The molecule has 0 aromatic heterocycles. The minimum atomic E-state index is -0.916. The minimum Gasteiger partial charge on any atom is -0.504 e. The Morgan fingerprint density at radius 1 is 1.31 bits per heavy atom. The van der Waals surface area contributed by atoms with Crippen LogP contribution in [0.1, 0.15) is 19.4 Å². The van der Waals surface area contributed by atoms with E-state index in [9.17, 15) is 10.2 Å². The Morgan fingerprint density at radius 3 is 2.38 bits per heavy atom. The standard InChI is InChI=1S/C10H14O3/c1-10(2,12)7-4-5-8(11)9(6-7)13-3/h4-6,11-12H,1-3H3. The zero-order chi connectivity index (χ0) is 10.1. The second-order valence-corrected chi connectivity index (χ2v) is 3.45. The Hall–Kier alpha value is -1.22. The van der Waals surface area contributed by atoms with E-state index < -0.39 is 5.60 Å². The van der Waals surface area contributed by atoms with Crippen LogP contribution in [0.2, 0.25) is 0 Å². The van der Waals surface area contributed by atoms with Gasteiger partial charge < -0.3 is 14.9 Å². The highest BCUT2D eigenvalue weighted by atomic mass is 16.5. The van der Waals surface area contributed by atoms with Gasteiger partial charge in [-0.05, 0) is 31.5 Å². The molecule has 72 valence electrons. The van der Waals surface area contributed by atoms with Crippen LogP contribution in [0, 0.1) is 0 Å². The number of aromatic hydroxyl groups is 1. The van der Waals surface area contributed by atoms with Crippen molar-refractivity contribution in [2.75, 3.05) is 7.11 Å². The van der Waals surface area contributed by atoms with Crippen molar-refractivity contribution in [3.05, 3.63) is 23.8 Å². The fraction of sp³-hybridized carbons (Fsp3) is 0.400. The van der Waals surface area contributed by atoms with E-state index in [2.05, 4.69) is 0 Å². The van der Waals surface area contributed by atoms with Gasteiger partial charge >= 0.3 is 0 Å². The van der Waals surface area contributed by atoms with Crippen LogP contribution in [0.4, 0.5) is 0 Å². The largest absolute Gasteiger partial charge is 0.504 e. The molecule has 1 rings (SSSR count). The maximum absolute atomic E-state index is 9.66.